The molecule has 0 saturated carbocycles. The van der Waals surface area contributed by atoms with E-state index in [1.807, 2.05) is 6.07 Å². The van der Waals surface area contributed by atoms with Gasteiger partial charge in [0.25, 0.3) is 5.91 Å². The maximum atomic E-state index is 12.7. The van der Waals surface area contributed by atoms with E-state index in [-0.39, 0.29) is 5.91 Å². The van der Waals surface area contributed by atoms with Gasteiger partial charge in [0.15, 0.2) is 0 Å². The van der Waals surface area contributed by atoms with E-state index in [4.69, 9.17) is 33.3 Å². The molecule has 2 aromatic carbocycles. The molecule has 0 aromatic heterocycles. The van der Waals surface area contributed by atoms with E-state index >= 15 is 0 Å². The van der Waals surface area contributed by atoms with Gasteiger partial charge in [0, 0.05) is 23.6 Å². The van der Waals surface area contributed by atoms with Crippen LogP contribution in [0.1, 0.15) is 42.9 Å². The first-order valence-corrected chi connectivity index (χ1v) is 12.4. The average molecular weight is 502 g/mol. The molecule has 174 valence electrons. The molecule has 0 spiro atoms. The van der Waals surface area contributed by atoms with Gasteiger partial charge < -0.3 is 9.47 Å². The monoisotopic (exact) mass is 501 g/mol. The molecule has 1 heterocycles. The van der Waals surface area contributed by atoms with E-state index in [0.29, 0.717) is 45.7 Å². The summed E-state index contributed by atoms with van der Waals surface area (Å²) in [7, 11) is 0. The molecule has 1 aliphatic heterocycles. The molecule has 7 heteroatoms. The van der Waals surface area contributed by atoms with Crippen LogP contribution in [0.4, 0.5) is 0 Å². The lowest BCUT2D eigenvalue weighted by Gasteiger charge is -2.15. The van der Waals surface area contributed by atoms with Crippen molar-refractivity contribution in [1.29, 1.82) is 0 Å². The van der Waals surface area contributed by atoms with Crippen molar-refractivity contribution in [2.24, 2.45) is 0 Å². The first-order chi connectivity index (χ1) is 15.8. The number of thioether (sulfide) groups is 1. The third kappa shape index (κ3) is 6.62. The zero-order valence-corrected chi connectivity index (χ0v) is 21.5. The Morgan fingerprint density at radius 2 is 1.88 bits per heavy atom. The summed E-state index contributed by atoms with van der Waals surface area (Å²) in [5.41, 5.74) is 3.12. The molecule has 1 amide bonds. The Morgan fingerprint density at radius 3 is 2.58 bits per heavy atom. The highest BCUT2D eigenvalue weighted by molar-refractivity contribution is 8.26. The maximum absolute atomic E-state index is 12.7. The molecule has 1 fully saturated rings. The van der Waals surface area contributed by atoms with Crippen LogP contribution in [0, 0.1) is 6.92 Å². The Bertz CT molecular complexity index is 1080. The first-order valence-electron chi connectivity index (χ1n) is 10.8. The smallest absolute Gasteiger partial charge is 0.266 e. The Labute approximate surface area is 210 Å². The van der Waals surface area contributed by atoms with Crippen molar-refractivity contribution in [3.05, 3.63) is 75.7 Å². The minimum absolute atomic E-state index is 0.136. The molecular weight excluding hydrogens is 474 g/mol. The Kier molecular flexibility index (Phi) is 9.01. The zero-order valence-electron chi connectivity index (χ0n) is 19.1. The van der Waals surface area contributed by atoms with Crippen LogP contribution in [0.15, 0.2) is 54.0 Å². The summed E-state index contributed by atoms with van der Waals surface area (Å²) in [6.07, 6.45) is 4.15. The second kappa shape index (κ2) is 11.7. The summed E-state index contributed by atoms with van der Waals surface area (Å²) in [6.45, 7) is 11.5. The number of carbonyl (C=O) groups excluding carboxylic acids is 1. The highest BCUT2D eigenvalue weighted by Crippen LogP contribution is 2.35. The van der Waals surface area contributed by atoms with Crippen molar-refractivity contribution in [2.45, 2.75) is 33.1 Å². The van der Waals surface area contributed by atoms with Gasteiger partial charge in [-0.3, -0.25) is 9.69 Å². The third-order valence-electron chi connectivity index (χ3n) is 5.04. The van der Waals surface area contributed by atoms with Crippen LogP contribution in [0.3, 0.4) is 0 Å². The van der Waals surface area contributed by atoms with Crippen molar-refractivity contribution in [3.63, 3.8) is 0 Å². The molecule has 0 N–H and O–H groups in total. The Hall–Kier alpha value is -2.28. The molecule has 0 atom stereocenters. The molecule has 3 rings (SSSR count). The largest absolute Gasteiger partial charge is 0.493 e. The number of halogens is 1. The number of thiocarbonyl (C=S) groups is 1. The Morgan fingerprint density at radius 1 is 1.15 bits per heavy atom. The first kappa shape index (κ1) is 25.3. The van der Waals surface area contributed by atoms with Crippen LogP contribution < -0.4 is 9.47 Å². The second-order valence-corrected chi connectivity index (χ2v) is 10.1. The van der Waals surface area contributed by atoms with E-state index < -0.39 is 0 Å². The molecule has 33 heavy (non-hydrogen) atoms. The van der Waals surface area contributed by atoms with Crippen molar-refractivity contribution < 1.29 is 14.3 Å². The lowest BCUT2D eigenvalue weighted by molar-refractivity contribution is -0.121. The lowest BCUT2D eigenvalue weighted by atomic mass is 10.0. The van der Waals surface area contributed by atoms with Gasteiger partial charge in [-0.15, -0.1) is 6.58 Å². The quantitative estimate of drug-likeness (QED) is 0.151. The van der Waals surface area contributed by atoms with Gasteiger partial charge in [0.1, 0.15) is 15.8 Å². The van der Waals surface area contributed by atoms with Gasteiger partial charge in [0.2, 0.25) is 0 Å². The second-order valence-electron chi connectivity index (χ2n) is 8.01. The number of rotatable bonds is 10. The van der Waals surface area contributed by atoms with Crippen molar-refractivity contribution in [2.75, 3.05) is 19.8 Å². The number of ether oxygens (including phenoxy) is 2. The highest BCUT2D eigenvalue weighted by Gasteiger charge is 2.31. The van der Waals surface area contributed by atoms with E-state index in [1.165, 1.54) is 27.8 Å². The molecule has 0 radical (unpaired) electrons. The summed E-state index contributed by atoms with van der Waals surface area (Å²) in [4.78, 5) is 14.7. The van der Waals surface area contributed by atoms with Crippen molar-refractivity contribution in [1.82, 2.24) is 4.90 Å². The predicted octanol–water partition coefficient (Wildman–Crippen LogP) is 7.01. The van der Waals surface area contributed by atoms with Crippen LogP contribution in [0.2, 0.25) is 5.02 Å². The minimum atomic E-state index is -0.136. The molecule has 4 nitrogen and oxygen atoms in total. The van der Waals surface area contributed by atoms with Gasteiger partial charge in [-0.05, 0) is 54.3 Å². The summed E-state index contributed by atoms with van der Waals surface area (Å²) in [5.74, 6) is 1.85. The van der Waals surface area contributed by atoms with Crippen LogP contribution >= 0.6 is 35.6 Å². The van der Waals surface area contributed by atoms with Gasteiger partial charge in [-0.25, -0.2) is 0 Å². The zero-order chi connectivity index (χ0) is 24.0. The van der Waals surface area contributed by atoms with Gasteiger partial charge in [-0.1, -0.05) is 67.6 Å². The fraction of sp³-hybridized carbons (Fsp3) is 0.308. The number of aryl methyl sites for hydroxylation is 1. The standard InChI is InChI=1S/C26H28ClNO3S2/c1-5-11-28-25(29)24(33-26(28)32)16-19-15-20(27)8-10-22(19)30-12-6-13-31-23-14-18(4)7-9-21(23)17(2)3/h5,7-10,14-17H,1,6,11-13H2,2-4H3/b24-16-. The van der Waals surface area contributed by atoms with Gasteiger partial charge in [0.05, 0.1) is 18.1 Å². The van der Waals surface area contributed by atoms with Gasteiger partial charge >= 0.3 is 0 Å². The van der Waals surface area contributed by atoms with Gasteiger partial charge in [-0.2, -0.15) is 0 Å². The number of benzene rings is 2. The maximum Gasteiger partial charge on any atom is 0.266 e. The van der Waals surface area contributed by atoms with E-state index in [0.717, 1.165) is 17.7 Å². The molecule has 1 saturated heterocycles. The van der Waals surface area contributed by atoms with Crippen LogP contribution in [0.5, 0.6) is 11.5 Å². The highest BCUT2D eigenvalue weighted by atomic mass is 35.5. The van der Waals surface area contributed by atoms with Crippen LogP contribution in [0.25, 0.3) is 6.08 Å². The molecule has 0 unspecified atom stereocenters. The number of amides is 1. The number of nitrogens with zero attached hydrogens (tertiary/aromatic N) is 1. The Balaban J connectivity index is 1.63. The molecule has 0 aliphatic carbocycles. The number of hydrogen-bond donors (Lipinski definition) is 0. The summed E-state index contributed by atoms with van der Waals surface area (Å²) in [6, 6.07) is 11.7. The lowest BCUT2D eigenvalue weighted by Crippen LogP contribution is -2.27. The fourth-order valence-electron chi connectivity index (χ4n) is 3.36. The van der Waals surface area contributed by atoms with E-state index in [9.17, 15) is 4.79 Å². The normalized spacial score (nSPS) is 14.9. The van der Waals surface area contributed by atoms with E-state index in [2.05, 4.69) is 45.5 Å². The van der Waals surface area contributed by atoms with Crippen molar-refractivity contribution in [3.8, 4) is 11.5 Å². The summed E-state index contributed by atoms with van der Waals surface area (Å²) >= 11 is 12.8. The average Bonchev–Trinajstić information content (AvgIpc) is 3.02. The predicted molar refractivity (Wildman–Crippen MR) is 142 cm³/mol. The van der Waals surface area contributed by atoms with Crippen molar-refractivity contribution >= 4 is 51.9 Å². The summed E-state index contributed by atoms with van der Waals surface area (Å²) < 4.78 is 12.6. The van der Waals surface area contributed by atoms with Crippen LogP contribution in [-0.2, 0) is 4.79 Å². The molecule has 1 aliphatic rings. The molecule has 2 aromatic rings. The third-order valence-corrected chi connectivity index (χ3v) is 6.65. The number of carbonyl (C=O) groups is 1. The fourth-order valence-corrected chi connectivity index (χ4v) is 4.80. The summed E-state index contributed by atoms with van der Waals surface area (Å²) in [5, 5.41) is 0.569. The minimum Gasteiger partial charge on any atom is -0.493 e. The topological polar surface area (TPSA) is 38.8 Å². The molecular formula is C26H28ClNO3S2. The van der Waals surface area contributed by atoms with E-state index in [1.54, 1.807) is 24.3 Å². The SMILES string of the molecule is C=CCN1C(=O)/C(=C/c2cc(Cl)ccc2OCCCOc2cc(C)ccc2C(C)C)SC1=S. The van der Waals surface area contributed by atoms with Crippen LogP contribution in [-0.4, -0.2) is 34.9 Å². The molecule has 0 bridgehead atoms. The number of hydrogen-bond acceptors (Lipinski definition) is 5.